The summed E-state index contributed by atoms with van der Waals surface area (Å²) in [6.45, 7) is 8.12. The van der Waals surface area contributed by atoms with Crippen molar-refractivity contribution >= 4 is 22.9 Å². The summed E-state index contributed by atoms with van der Waals surface area (Å²) in [7, 11) is 0. The van der Waals surface area contributed by atoms with Crippen LogP contribution in [0.5, 0.6) is 5.75 Å². The zero-order chi connectivity index (χ0) is 30.3. The van der Waals surface area contributed by atoms with Gasteiger partial charge in [-0.15, -0.1) is 0 Å². The van der Waals surface area contributed by atoms with Crippen LogP contribution in [0.2, 0.25) is 0 Å². The average molecular weight is 576 g/mol. The molecule has 8 heteroatoms. The molecule has 1 aromatic heterocycles. The van der Waals surface area contributed by atoms with Gasteiger partial charge >= 0.3 is 5.89 Å². The second-order valence-electron chi connectivity index (χ2n) is 9.91. The minimum absolute atomic E-state index is 0.815. The van der Waals surface area contributed by atoms with E-state index in [2.05, 4.69) is 127 Å². The number of fused-ring (bicyclic) bond motifs is 2. The van der Waals surface area contributed by atoms with Crippen molar-refractivity contribution < 1.29 is 18.8 Å². The van der Waals surface area contributed by atoms with Crippen molar-refractivity contribution in [2.45, 2.75) is 33.7 Å². The van der Waals surface area contributed by atoms with E-state index in [4.69, 9.17) is 24.5 Å². The molecule has 1 aliphatic rings. The number of hydrogen-bond acceptors (Lipinski definition) is 6. The van der Waals surface area contributed by atoms with E-state index in [9.17, 15) is 0 Å². The predicted octanol–water partition coefficient (Wildman–Crippen LogP) is 8.39. The molecule has 0 fully saturated rings. The summed E-state index contributed by atoms with van der Waals surface area (Å²) in [5.74, 6) is 2.58. The van der Waals surface area contributed by atoms with Crippen molar-refractivity contribution in [3.63, 3.8) is 0 Å². The lowest BCUT2D eigenvalue weighted by atomic mass is 10.0. The van der Waals surface area contributed by atoms with Crippen molar-refractivity contribution in [2.24, 2.45) is 0 Å². The first kappa shape index (κ1) is 29.1. The Balaban J connectivity index is 0.000000868. The van der Waals surface area contributed by atoms with Crippen LogP contribution >= 0.6 is 0 Å². The topological polar surface area (TPSA) is 95.7 Å². The molecular formula is C35H33N3O5. The Hall–Kier alpha value is -5.37. The van der Waals surface area contributed by atoms with E-state index in [0.29, 0.717) is 0 Å². The summed E-state index contributed by atoms with van der Waals surface area (Å²) >= 11 is 0. The van der Waals surface area contributed by atoms with E-state index >= 15 is 0 Å². The maximum atomic E-state index is 8.25. The molecule has 8 nitrogen and oxygen atoms in total. The first-order chi connectivity index (χ1) is 20.9. The van der Waals surface area contributed by atoms with Gasteiger partial charge in [-0.2, -0.15) is 4.57 Å². The number of rotatable bonds is 7. The molecule has 6 rings (SSSR count). The second-order valence-corrected chi connectivity index (χ2v) is 9.91. The molecule has 43 heavy (non-hydrogen) atoms. The Bertz CT molecular complexity index is 1790. The highest BCUT2D eigenvalue weighted by molar-refractivity contribution is 5.79. The van der Waals surface area contributed by atoms with Crippen molar-refractivity contribution in [3.05, 3.63) is 136 Å². The number of aryl methyl sites for hydroxylation is 1. The van der Waals surface area contributed by atoms with E-state index in [-0.39, 0.29) is 0 Å². The highest BCUT2D eigenvalue weighted by atomic mass is 16.9. The van der Waals surface area contributed by atoms with Crippen LogP contribution in [0, 0.1) is 15.3 Å². The first-order valence-corrected chi connectivity index (χ1v) is 14.3. The van der Waals surface area contributed by atoms with Crippen molar-refractivity contribution in [3.8, 4) is 28.0 Å². The summed E-state index contributed by atoms with van der Waals surface area (Å²) in [6.07, 6.45) is 5.15. The third-order valence-electron chi connectivity index (χ3n) is 7.33. The number of hydrogen-bond donors (Lipinski definition) is 0. The molecule has 2 heterocycles. The Kier molecular flexibility index (Phi) is 8.86. The number of nitrogens with zero attached hydrogens (tertiary/aromatic N) is 3. The second kappa shape index (κ2) is 13.1. The minimum Gasteiger partial charge on any atom is -0.439 e. The van der Waals surface area contributed by atoms with E-state index in [1.165, 1.54) is 22.3 Å². The highest BCUT2D eigenvalue weighted by Gasteiger charge is 2.26. The van der Waals surface area contributed by atoms with Crippen LogP contribution in [0.3, 0.4) is 0 Å². The quantitative estimate of drug-likeness (QED) is 0.110. The third kappa shape index (κ3) is 6.43. The van der Waals surface area contributed by atoms with Crippen molar-refractivity contribution in [1.82, 2.24) is 0 Å². The SMILES string of the molecule is CCC(=Cc1oc2ccc(-c3ccccc3)cc2[n+]1CC)C=C1Oc2ccc(-c3ccccc3)cc2N1CC.O=[N+]([O-])[O-]. The van der Waals surface area contributed by atoms with Gasteiger partial charge < -0.3 is 29.4 Å². The molecule has 0 unspecified atom stereocenters. The molecular weight excluding hydrogens is 542 g/mol. The summed E-state index contributed by atoms with van der Waals surface area (Å²) in [4.78, 5) is 10.5. The summed E-state index contributed by atoms with van der Waals surface area (Å²) in [5, 5.41) is 14.8. The van der Waals surface area contributed by atoms with Gasteiger partial charge in [-0.05, 0) is 66.3 Å². The van der Waals surface area contributed by atoms with E-state index < -0.39 is 5.09 Å². The van der Waals surface area contributed by atoms with Gasteiger partial charge in [0.2, 0.25) is 11.5 Å². The van der Waals surface area contributed by atoms with Crippen LogP contribution in [0.25, 0.3) is 39.4 Å². The smallest absolute Gasteiger partial charge is 0.374 e. The molecule has 0 bridgehead atoms. The molecule has 0 amide bonds. The van der Waals surface area contributed by atoms with E-state index in [0.717, 1.165) is 59.4 Å². The molecule has 0 spiro atoms. The number of ether oxygens (including phenoxy) is 1. The van der Waals surface area contributed by atoms with E-state index in [1.807, 2.05) is 12.1 Å². The lowest BCUT2D eigenvalue weighted by molar-refractivity contribution is -0.674. The van der Waals surface area contributed by atoms with Gasteiger partial charge in [0.1, 0.15) is 6.54 Å². The van der Waals surface area contributed by atoms with Crippen LogP contribution < -0.4 is 14.2 Å². The lowest BCUT2D eigenvalue weighted by Crippen LogP contribution is -2.33. The van der Waals surface area contributed by atoms with Gasteiger partial charge in [0.25, 0.3) is 5.52 Å². The molecule has 0 saturated heterocycles. The van der Waals surface area contributed by atoms with Crippen LogP contribution in [-0.2, 0) is 6.54 Å². The average Bonchev–Trinajstić information content (AvgIpc) is 3.56. The number of oxazole rings is 1. The molecule has 1 aliphatic heterocycles. The Morgan fingerprint density at radius 2 is 1.44 bits per heavy atom. The molecule has 5 aromatic rings. The van der Waals surface area contributed by atoms with Gasteiger partial charge in [-0.1, -0.05) is 79.7 Å². The summed E-state index contributed by atoms with van der Waals surface area (Å²) in [5.41, 5.74) is 9.00. The maximum absolute atomic E-state index is 8.25. The lowest BCUT2D eigenvalue weighted by Gasteiger charge is -2.16. The molecule has 0 saturated carbocycles. The number of anilines is 1. The standard InChI is InChI=1S/C35H33N2O2.NO3/c1-4-25(21-34-36(5-2)30-23-28(17-19-32(30)38-34)26-13-9-7-10-14-26)22-35-37(6-3)31-24-29(18-20-33(31)39-35)27-15-11-8-12-16-27;2-1(3)4/h7-24H,4-6H2,1-3H3;/q+1;-1. The zero-order valence-electron chi connectivity index (χ0n) is 24.4. The summed E-state index contributed by atoms with van der Waals surface area (Å²) in [6, 6.07) is 33.8. The third-order valence-corrected chi connectivity index (χ3v) is 7.33. The fraction of sp³-hybridized carbons (Fsp3) is 0.171. The van der Waals surface area contributed by atoms with Crippen LogP contribution in [0.1, 0.15) is 33.1 Å². The van der Waals surface area contributed by atoms with Crippen LogP contribution in [-0.4, -0.2) is 11.6 Å². The largest absolute Gasteiger partial charge is 0.439 e. The molecule has 0 aliphatic carbocycles. The van der Waals surface area contributed by atoms with Gasteiger partial charge in [0.15, 0.2) is 5.75 Å². The maximum Gasteiger partial charge on any atom is 0.374 e. The Labute approximate surface area is 250 Å². The Morgan fingerprint density at radius 3 is 2.02 bits per heavy atom. The highest BCUT2D eigenvalue weighted by Crippen LogP contribution is 2.42. The van der Waals surface area contributed by atoms with Crippen molar-refractivity contribution in [2.75, 3.05) is 11.4 Å². The van der Waals surface area contributed by atoms with Gasteiger partial charge in [0, 0.05) is 18.7 Å². The number of benzene rings is 4. The molecule has 218 valence electrons. The number of allylic oxidation sites excluding steroid dienone is 2. The predicted molar refractivity (Wildman–Crippen MR) is 170 cm³/mol. The van der Waals surface area contributed by atoms with Crippen LogP contribution in [0.15, 0.2) is 119 Å². The van der Waals surface area contributed by atoms with Crippen molar-refractivity contribution in [1.29, 1.82) is 0 Å². The fourth-order valence-corrected chi connectivity index (χ4v) is 5.25. The minimum atomic E-state index is -1.75. The molecule has 0 radical (unpaired) electrons. The van der Waals surface area contributed by atoms with Gasteiger partial charge in [-0.25, -0.2) is 0 Å². The van der Waals surface area contributed by atoms with Gasteiger partial charge in [-0.3, -0.25) is 0 Å². The molecule has 0 N–H and O–H groups in total. The molecule has 4 aromatic carbocycles. The van der Waals surface area contributed by atoms with Crippen LogP contribution in [0.4, 0.5) is 5.69 Å². The Morgan fingerprint density at radius 1 is 0.837 bits per heavy atom. The zero-order valence-corrected chi connectivity index (χ0v) is 24.4. The number of aromatic nitrogens is 1. The summed E-state index contributed by atoms with van der Waals surface area (Å²) < 4.78 is 15.0. The fourth-order valence-electron chi connectivity index (χ4n) is 5.25. The molecule has 0 atom stereocenters. The van der Waals surface area contributed by atoms with E-state index in [1.54, 1.807) is 0 Å². The normalized spacial score (nSPS) is 13.4. The first-order valence-electron chi connectivity index (χ1n) is 14.3. The van der Waals surface area contributed by atoms with Gasteiger partial charge in [0.05, 0.1) is 16.9 Å². The monoisotopic (exact) mass is 575 g/mol.